The van der Waals surface area contributed by atoms with E-state index in [1.54, 1.807) is 20.8 Å². The Balaban J connectivity index is 1.81. The molecule has 2 aromatic carbocycles. The van der Waals surface area contributed by atoms with Crippen LogP contribution in [0.5, 0.6) is 0 Å². The molecule has 3 rings (SSSR count). The number of benzene rings is 2. The normalized spacial score (nSPS) is 19.2. The molecule has 0 radical (unpaired) electrons. The van der Waals surface area contributed by atoms with Gasteiger partial charge in [0.1, 0.15) is 17.2 Å². The molecule has 1 amide bonds. The summed E-state index contributed by atoms with van der Waals surface area (Å²) in [7, 11) is 0. The van der Waals surface area contributed by atoms with Gasteiger partial charge in [-0.2, -0.15) is 0 Å². The average Bonchev–Trinajstić information content (AvgIpc) is 2.78. The van der Waals surface area contributed by atoms with Crippen molar-refractivity contribution in [2.45, 2.75) is 91.0 Å². The van der Waals surface area contributed by atoms with Crippen molar-refractivity contribution in [3.05, 3.63) is 70.3 Å². The van der Waals surface area contributed by atoms with Gasteiger partial charge in [0.15, 0.2) is 0 Å². The van der Waals surface area contributed by atoms with Gasteiger partial charge in [0.05, 0.1) is 12.1 Å². The molecular formula is C31H44F2N2O4. The number of hydrogen-bond acceptors (Lipinski definition) is 5. The second kappa shape index (κ2) is 12.7. The number of aliphatic hydroxyl groups is 2. The zero-order valence-electron chi connectivity index (χ0n) is 24.0. The zero-order chi connectivity index (χ0) is 29.0. The highest BCUT2D eigenvalue weighted by Gasteiger charge is 2.32. The van der Waals surface area contributed by atoms with Gasteiger partial charge in [-0.3, -0.25) is 0 Å². The summed E-state index contributed by atoms with van der Waals surface area (Å²) in [4.78, 5) is 12.6. The lowest BCUT2D eigenvalue weighted by Gasteiger charge is -2.35. The van der Waals surface area contributed by atoms with E-state index in [1.807, 2.05) is 0 Å². The fourth-order valence-corrected chi connectivity index (χ4v) is 5.23. The van der Waals surface area contributed by atoms with E-state index in [2.05, 4.69) is 49.6 Å². The van der Waals surface area contributed by atoms with Gasteiger partial charge < -0.3 is 25.6 Å². The lowest BCUT2D eigenvalue weighted by Crippen LogP contribution is -2.51. The number of aliphatic hydroxyl groups excluding tert-OH is 2. The van der Waals surface area contributed by atoms with Crippen LogP contribution in [-0.2, 0) is 24.0 Å². The Morgan fingerprint density at radius 3 is 2.31 bits per heavy atom. The van der Waals surface area contributed by atoms with E-state index < -0.39 is 35.5 Å². The molecule has 4 atom stereocenters. The zero-order valence-corrected chi connectivity index (χ0v) is 24.0. The minimum atomic E-state index is -1.11. The summed E-state index contributed by atoms with van der Waals surface area (Å²) in [5, 5.41) is 27.5. The third kappa shape index (κ3) is 9.55. The monoisotopic (exact) mass is 546 g/mol. The van der Waals surface area contributed by atoms with Crippen LogP contribution in [0.25, 0.3) is 0 Å². The molecule has 0 spiro atoms. The molecule has 8 heteroatoms. The predicted molar refractivity (Wildman–Crippen MR) is 148 cm³/mol. The smallest absolute Gasteiger partial charge is 0.407 e. The minimum Gasteiger partial charge on any atom is -0.444 e. The molecular weight excluding hydrogens is 502 g/mol. The Bertz CT molecular complexity index is 1110. The van der Waals surface area contributed by atoms with Crippen molar-refractivity contribution < 1.29 is 28.5 Å². The Morgan fingerprint density at radius 2 is 1.72 bits per heavy atom. The number of carbonyl (C=O) groups excluding carboxylic acids is 1. The largest absolute Gasteiger partial charge is 0.444 e. The Morgan fingerprint density at radius 1 is 1.05 bits per heavy atom. The number of halogens is 2. The van der Waals surface area contributed by atoms with Crippen molar-refractivity contribution in [1.82, 2.24) is 10.6 Å². The highest BCUT2D eigenvalue weighted by Crippen LogP contribution is 2.36. The second-order valence-corrected chi connectivity index (χ2v) is 12.9. The number of carbonyl (C=O) groups is 1. The topological polar surface area (TPSA) is 90.8 Å². The predicted octanol–water partition coefficient (Wildman–Crippen LogP) is 5.24. The summed E-state index contributed by atoms with van der Waals surface area (Å²) in [6.07, 6.45) is 0.740. The van der Waals surface area contributed by atoms with Gasteiger partial charge in [-0.15, -0.1) is 0 Å². The fraction of sp³-hybridized carbons (Fsp3) is 0.581. The van der Waals surface area contributed by atoms with Crippen molar-refractivity contribution in [2.75, 3.05) is 13.2 Å². The van der Waals surface area contributed by atoms with Crippen molar-refractivity contribution >= 4 is 6.09 Å². The van der Waals surface area contributed by atoms with E-state index in [9.17, 15) is 23.8 Å². The van der Waals surface area contributed by atoms with Crippen LogP contribution >= 0.6 is 0 Å². The molecule has 0 aromatic heterocycles. The second-order valence-electron chi connectivity index (χ2n) is 12.9. The van der Waals surface area contributed by atoms with Crippen molar-refractivity contribution in [2.24, 2.45) is 11.3 Å². The maximum Gasteiger partial charge on any atom is 0.407 e. The Kier molecular flexibility index (Phi) is 10.1. The quantitative estimate of drug-likeness (QED) is 0.346. The number of hydrogen-bond donors (Lipinski definition) is 4. The van der Waals surface area contributed by atoms with Gasteiger partial charge in [0.25, 0.3) is 0 Å². The van der Waals surface area contributed by atoms with Crippen LogP contribution in [0.2, 0.25) is 0 Å². The number of rotatable bonds is 9. The lowest BCUT2D eigenvalue weighted by atomic mass is 9.78. The molecule has 2 aromatic rings. The number of alkyl carbamates (subject to hydrolysis) is 1. The first-order chi connectivity index (χ1) is 18.1. The van der Waals surface area contributed by atoms with E-state index in [-0.39, 0.29) is 36.9 Å². The molecule has 1 aliphatic carbocycles. The summed E-state index contributed by atoms with van der Waals surface area (Å²) in [5.41, 5.74) is 3.20. The van der Waals surface area contributed by atoms with Gasteiger partial charge >= 0.3 is 6.09 Å². The molecule has 0 heterocycles. The van der Waals surface area contributed by atoms with Crippen LogP contribution in [0.3, 0.4) is 0 Å². The van der Waals surface area contributed by atoms with Gasteiger partial charge in [-0.1, -0.05) is 39.0 Å². The van der Waals surface area contributed by atoms with Crippen molar-refractivity contribution in [1.29, 1.82) is 0 Å². The Labute approximate surface area is 231 Å². The summed E-state index contributed by atoms with van der Waals surface area (Å²) >= 11 is 0. The summed E-state index contributed by atoms with van der Waals surface area (Å²) < 4.78 is 33.1. The third-order valence-electron chi connectivity index (χ3n) is 6.86. The molecule has 4 N–H and O–H groups in total. The molecule has 0 fully saturated rings. The van der Waals surface area contributed by atoms with Crippen LogP contribution in [0, 0.1) is 23.0 Å². The number of amides is 1. The van der Waals surface area contributed by atoms with E-state index in [1.165, 1.54) is 23.3 Å². The highest BCUT2D eigenvalue weighted by molar-refractivity contribution is 5.68. The average molecular weight is 547 g/mol. The van der Waals surface area contributed by atoms with Gasteiger partial charge in [-0.05, 0) is 86.3 Å². The first kappa shape index (κ1) is 31.0. The van der Waals surface area contributed by atoms with E-state index in [0.29, 0.717) is 5.56 Å². The fourth-order valence-electron chi connectivity index (χ4n) is 5.23. The number of fused-ring (bicyclic) bond motifs is 1. The third-order valence-corrected chi connectivity index (χ3v) is 6.86. The molecule has 1 unspecified atom stereocenters. The molecule has 6 nitrogen and oxygen atoms in total. The highest BCUT2D eigenvalue weighted by atomic mass is 19.1. The Hall–Kier alpha value is -2.55. The summed E-state index contributed by atoms with van der Waals surface area (Å²) in [6.45, 7) is 11.8. The SMILES string of the molecule is CC(C)(C)Cc1ccc2c(c1)[C@@H](NC[C@@H](O)[C@H](Cc1cc(F)cc(F)c1)NC(=O)OC(C)(C)C)C(CO)CC2. The van der Waals surface area contributed by atoms with E-state index in [4.69, 9.17) is 4.74 Å². The van der Waals surface area contributed by atoms with Crippen LogP contribution in [0.4, 0.5) is 13.6 Å². The van der Waals surface area contributed by atoms with Gasteiger partial charge in [0.2, 0.25) is 0 Å². The van der Waals surface area contributed by atoms with Crippen LogP contribution in [0.1, 0.15) is 76.3 Å². The molecule has 0 aliphatic heterocycles. The van der Waals surface area contributed by atoms with E-state index >= 15 is 0 Å². The molecule has 216 valence electrons. The number of aryl methyl sites for hydroxylation is 1. The van der Waals surface area contributed by atoms with Crippen LogP contribution in [0.15, 0.2) is 36.4 Å². The molecule has 0 bridgehead atoms. The molecule has 0 saturated heterocycles. The molecule has 1 aliphatic rings. The minimum absolute atomic E-state index is 0.00113. The number of ether oxygens (including phenoxy) is 1. The van der Waals surface area contributed by atoms with E-state index in [0.717, 1.165) is 30.9 Å². The summed E-state index contributed by atoms with van der Waals surface area (Å²) in [5.74, 6) is -1.50. The lowest BCUT2D eigenvalue weighted by molar-refractivity contribution is 0.0414. The van der Waals surface area contributed by atoms with Crippen LogP contribution < -0.4 is 10.6 Å². The first-order valence-electron chi connectivity index (χ1n) is 13.7. The molecule has 39 heavy (non-hydrogen) atoms. The van der Waals surface area contributed by atoms with Gasteiger partial charge in [-0.25, -0.2) is 13.6 Å². The number of nitrogens with one attached hydrogen (secondary N) is 2. The summed E-state index contributed by atoms with van der Waals surface area (Å²) in [6, 6.07) is 8.58. The van der Waals surface area contributed by atoms with Gasteiger partial charge in [0, 0.05) is 31.2 Å². The van der Waals surface area contributed by atoms with Crippen LogP contribution in [-0.4, -0.2) is 47.2 Å². The maximum absolute atomic E-state index is 13.9. The van der Waals surface area contributed by atoms with Crippen molar-refractivity contribution in [3.8, 4) is 0 Å². The van der Waals surface area contributed by atoms with Crippen molar-refractivity contribution in [3.63, 3.8) is 0 Å². The molecule has 0 saturated carbocycles. The standard InChI is InChI=1S/C31H44F2N2O4/c1-30(2,3)16-19-7-8-21-9-10-22(18-36)28(25(21)13-19)34-17-27(37)26(35-29(38)39-31(4,5)6)14-20-11-23(32)15-24(33)12-20/h7-8,11-13,15,22,26-28,34,36-37H,9-10,14,16-18H2,1-6H3,(H,35,38)/t22?,26-,27+,28-/m0/s1. The first-order valence-corrected chi connectivity index (χ1v) is 13.7. The maximum atomic E-state index is 13.9.